The standard InChI is InChI=1S/C29H45N4O5/c1-33(19-21-38-22-20-33)18-8-17-30(29(35)24-13-15-27(16-14-24)32(36)37)23-28(34)31(25-9-4-2-5-10-25)26-11-6-3-7-12-26/h13-16,25-26H,2-12,17-23H2,1H3/q+1. The maximum absolute atomic E-state index is 14.0. The van der Waals surface area contributed by atoms with Crippen LogP contribution < -0.4 is 0 Å². The Balaban J connectivity index is 1.50. The Bertz CT molecular complexity index is 917. The molecule has 2 saturated carbocycles. The van der Waals surface area contributed by atoms with Crippen LogP contribution in [0.5, 0.6) is 0 Å². The zero-order valence-electron chi connectivity index (χ0n) is 23.0. The van der Waals surface area contributed by atoms with Gasteiger partial charge >= 0.3 is 0 Å². The van der Waals surface area contributed by atoms with Crippen LogP contribution >= 0.6 is 0 Å². The highest BCUT2D eigenvalue weighted by molar-refractivity contribution is 5.96. The fourth-order valence-corrected chi connectivity index (χ4v) is 6.48. The largest absolute Gasteiger partial charge is 0.370 e. The van der Waals surface area contributed by atoms with Crippen molar-refractivity contribution in [1.82, 2.24) is 9.80 Å². The van der Waals surface area contributed by atoms with Crippen LogP contribution in [-0.4, -0.2) is 96.1 Å². The summed E-state index contributed by atoms with van der Waals surface area (Å²) in [4.78, 5) is 42.1. The Labute approximate surface area is 226 Å². The second-order valence-corrected chi connectivity index (χ2v) is 11.7. The molecule has 38 heavy (non-hydrogen) atoms. The third-order valence-electron chi connectivity index (χ3n) is 8.84. The number of nitro benzene ring substituents is 1. The molecule has 9 nitrogen and oxygen atoms in total. The molecule has 0 N–H and O–H groups in total. The number of hydrogen-bond acceptors (Lipinski definition) is 5. The number of morpholine rings is 1. The molecule has 3 aliphatic rings. The Morgan fingerprint density at radius 3 is 2.03 bits per heavy atom. The van der Waals surface area contributed by atoms with E-state index in [9.17, 15) is 19.7 Å². The molecule has 1 aromatic carbocycles. The van der Waals surface area contributed by atoms with Gasteiger partial charge in [0.15, 0.2) is 0 Å². The lowest BCUT2D eigenvalue weighted by Gasteiger charge is -2.42. The van der Waals surface area contributed by atoms with Crippen LogP contribution in [0.25, 0.3) is 0 Å². The SMILES string of the molecule is C[N+]1(CCCN(CC(=O)N(C2CCCCC2)C2CCCCC2)C(=O)c2ccc([N+](=O)[O-])cc2)CCOCC1. The van der Waals surface area contributed by atoms with Crippen molar-refractivity contribution in [3.05, 3.63) is 39.9 Å². The summed E-state index contributed by atoms with van der Waals surface area (Å²) in [5, 5.41) is 11.1. The van der Waals surface area contributed by atoms with E-state index in [0.717, 1.165) is 95.1 Å². The molecule has 2 amide bonds. The Kier molecular flexibility index (Phi) is 10.1. The zero-order valence-corrected chi connectivity index (χ0v) is 23.0. The fourth-order valence-electron chi connectivity index (χ4n) is 6.48. The van der Waals surface area contributed by atoms with E-state index in [-0.39, 0.29) is 36.1 Å². The summed E-state index contributed by atoms with van der Waals surface area (Å²) in [5.74, 6) is -0.170. The molecule has 1 aliphatic heterocycles. The molecule has 0 radical (unpaired) electrons. The van der Waals surface area contributed by atoms with Gasteiger partial charge in [0.05, 0.1) is 31.7 Å². The predicted octanol–water partition coefficient (Wildman–Crippen LogP) is 4.40. The maximum Gasteiger partial charge on any atom is 0.269 e. The topological polar surface area (TPSA) is 93.0 Å². The number of quaternary nitrogens is 1. The number of non-ortho nitro benzene ring substituents is 1. The van der Waals surface area contributed by atoms with Gasteiger partial charge in [-0.2, -0.15) is 0 Å². The Morgan fingerprint density at radius 2 is 1.50 bits per heavy atom. The van der Waals surface area contributed by atoms with Crippen LogP contribution in [0.15, 0.2) is 24.3 Å². The molecule has 3 fully saturated rings. The summed E-state index contributed by atoms with van der Waals surface area (Å²) in [6, 6.07) is 6.29. The molecule has 210 valence electrons. The third-order valence-corrected chi connectivity index (χ3v) is 8.84. The second-order valence-electron chi connectivity index (χ2n) is 11.7. The first-order valence-corrected chi connectivity index (χ1v) is 14.6. The quantitative estimate of drug-likeness (QED) is 0.255. The summed E-state index contributed by atoms with van der Waals surface area (Å²) >= 11 is 0. The number of ether oxygens (including phenoxy) is 1. The number of carbonyl (C=O) groups excluding carboxylic acids is 2. The van der Waals surface area contributed by atoms with Gasteiger partial charge in [0, 0.05) is 42.7 Å². The molecular weight excluding hydrogens is 484 g/mol. The average molecular weight is 530 g/mol. The van der Waals surface area contributed by atoms with Gasteiger partial charge in [-0.05, 0) is 37.8 Å². The van der Waals surface area contributed by atoms with Gasteiger partial charge in [-0.1, -0.05) is 38.5 Å². The number of amides is 2. The third kappa shape index (κ3) is 7.53. The first-order valence-electron chi connectivity index (χ1n) is 14.6. The number of nitrogens with zero attached hydrogens (tertiary/aromatic N) is 4. The van der Waals surface area contributed by atoms with Crippen molar-refractivity contribution in [3.8, 4) is 0 Å². The smallest absolute Gasteiger partial charge is 0.269 e. The minimum absolute atomic E-state index is 0.0466. The number of hydrogen-bond donors (Lipinski definition) is 0. The molecule has 0 atom stereocenters. The van der Waals surface area contributed by atoms with Crippen molar-refractivity contribution in [2.24, 2.45) is 0 Å². The van der Waals surface area contributed by atoms with Crippen molar-refractivity contribution in [3.63, 3.8) is 0 Å². The van der Waals surface area contributed by atoms with Gasteiger partial charge in [-0.25, -0.2) is 0 Å². The number of nitro groups is 1. The predicted molar refractivity (Wildman–Crippen MR) is 146 cm³/mol. The molecule has 2 aliphatic carbocycles. The van der Waals surface area contributed by atoms with E-state index in [4.69, 9.17) is 4.74 Å². The summed E-state index contributed by atoms with van der Waals surface area (Å²) in [5.41, 5.74) is 0.340. The normalized spacial score (nSPS) is 20.6. The number of benzene rings is 1. The van der Waals surface area contributed by atoms with E-state index in [1.807, 2.05) is 0 Å². The Hall–Kier alpha value is -2.52. The van der Waals surface area contributed by atoms with Crippen LogP contribution in [0.4, 0.5) is 5.69 Å². The molecule has 9 heteroatoms. The maximum atomic E-state index is 14.0. The fraction of sp³-hybridized carbons (Fsp3) is 0.724. The van der Waals surface area contributed by atoms with Gasteiger partial charge in [0.2, 0.25) is 5.91 Å². The summed E-state index contributed by atoms with van der Waals surface area (Å²) in [7, 11) is 2.23. The van der Waals surface area contributed by atoms with E-state index in [2.05, 4.69) is 11.9 Å². The molecule has 0 bridgehead atoms. The van der Waals surface area contributed by atoms with E-state index >= 15 is 0 Å². The van der Waals surface area contributed by atoms with Crippen molar-refractivity contribution in [2.75, 3.05) is 53.0 Å². The molecule has 1 heterocycles. The van der Waals surface area contributed by atoms with Gasteiger partial charge in [-0.15, -0.1) is 0 Å². The highest BCUT2D eigenvalue weighted by Crippen LogP contribution is 2.30. The minimum Gasteiger partial charge on any atom is -0.370 e. The van der Waals surface area contributed by atoms with Gasteiger partial charge in [-0.3, -0.25) is 19.7 Å². The molecule has 4 rings (SSSR count). The van der Waals surface area contributed by atoms with Gasteiger partial charge in [0.1, 0.15) is 19.6 Å². The highest BCUT2D eigenvalue weighted by Gasteiger charge is 2.34. The van der Waals surface area contributed by atoms with Crippen LogP contribution in [0.3, 0.4) is 0 Å². The summed E-state index contributed by atoms with van der Waals surface area (Å²) < 4.78 is 6.44. The number of carbonyl (C=O) groups is 2. The number of rotatable bonds is 10. The van der Waals surface area contributed by atoms with Crippen LogP contribution in [0.2, 0.25) is 0 Å². The van der Waals surface area contributed by atoms with Crippen LogP contribution in [-0.2, 0) is 9.53 Å². The van der Waals surface area contributed by atoms with Crippen molar-refractivity contribution < 1.29 is 23.7 Å². The number of likely N-dealkylation sites (N-methyl/N-ethyl adjacent to an activating group) is 1. The minimum atomic E-state index is -0.464. The lowest BCUT2D eigenvalue weighted by atomic mass is 9.88. The molecule has 0 unspecified atom stereocenters. The highest BCUT2D eigenvalue weighted by atomic mass is 16.6. The van der Waals surface area contributed by atoms with Crippen molar-refractivity contribution in [1.29, 1.82) is 0 Å². The molecule has 1 saturated heterocycles. The van der Waals surface area contributed by atoms with E-state index in [1.165, 1.54) is 37.1 Å². The average Bonchev–Trinajstić information content (AvgIpc) is 2.94. The van der Waals surface area contributed by atoms with E-state index in [0.29, 0.717) is 12.1 Å². The molecule has 1 aromatic rings. The zero-order chi connectivity index (χ0) is 27.0. The van der Waals surface area contributed by atoms with Gasteiger partial charge < -0.3 is 19.0 Å². The molecular formula is C29H45N4O5+. The first-order chi connectivity index (χ1) is 18.4. The monoisotopic (exact) mass is 529 g/mol. The van der Waals surface area contributed by atoms with Crippen LogP contribution in [0, 0.1) is 10.1 Å². The molecule has 0 aromatic heterocycles. The van der Waals surface area contributed by atoms with E-state index < -0.39 is 4.92 Å². The lowest BCUT2D eigenvalue weighted by Crippen LogP contribution is -2.54. The van der Waals surface area contributed by atoms with Crippen molar-refractivity contribution in [2.45, 2.75) is 82.7 Å². The first kappa shape index (κ1) is 28.5. The van der Waals surface area contributed by atoms with Crippen LogP contribution in [0.1, 0.15) is 81.0 Å². The summed E-state index contributed by atoms with van der Waals surface area (Å²) in [6.45, 7) is 4.86. The van der Waals surface area contributed by atoms with E-state index in [1.54, 1.807) is 4.90 Å². The lowest BCUT2D eigenvalue weighted by molar-refractivity contribution is -0.917. The second kappa shape index (κ2) is 13.5. The summed E-state index contributed by atoms with van der Waals surface area (Å²) in [6.07, 6.45) is 12.1. The molecule has 0 spiro atoms. The van der Waals surface area contributed by atoms with Gasteiger partial charge in [0.25, 0.3) is 11.6 Å². The Morgan fingerprint density at radius 1 is 0.947 bits per heavy atom. The van der Waals surface area contributed by atoms with Crippen molar-refractivity contribution >= 4 is 17.5 Å².